The van der Waals surface area contributed by atoms with E-state index in [9.17, 15) is 4.39 Å². The Morgan fingerprint density at radius 1 is 1.40 bits per heavy atom. The fourth-order valence-electron chi connectivity index (χ4n) is 1.17. The molecule has 0 aliphatic rings. The maximum atomic E-state index is 13.3. The Bertz CT molecular complexity index is 481. The molecule has 0 radical (unpaired) electrons. The highest BCUT2D eigenvalue weighted by Gasteiger charge is 2.07. The molecule has 0 saturated carbocycles. The van der Waals surface area contributed by atoms with Gasteiger partial charge in [0.15, 0.2) is 5.82 Å². The fraction of sp³-hybridized carbons (Fsp3) is 0.200. The van der Waals surface area contributed by atoms with E-state index in [0.29, 0.717) is 17.0 Å². The molecular weight excluding hydrogens is 213 g/mol. The third-order valence-corrected chi connectivity index (χ3v) is 2.80. The molecule has 5 heteroatoms. The first-order valence-corrected chi connectivity index (χ1v) is 5.26. The largest absolute Gasteiger partial charge is 0.363 e. The van der Waals surface area contributed by atoms with Gasteiger partial charge in [0.1, 0.15) is 5.82 Å². The molecule has 0 atom stereocenters. The van der Waals surface area contributed by atoms with Crippen molar-refractivity contribution in [3.8, 4) is 11.4 Å². The van der Waals surface area contributed by atoms with E-state index >= 15 is 0 Å². The third kappa shape index (κ3) is 1.97. The lowest BCUT2D eigenvalue weighted by molar-refractivity contribution is 0.619. The zero-order valence-corrected chi connectivity index (χ0v) is 9.23. The van der Waals surface area contributed by atoms with Gasteiger partial charge in [-0.2, -0.15) is 9.36 Å². The normalized spacial score (nSPS) is 10.3. The Morgan fingerprint density at radius 2 is 2.20 bits per heavy atom. The Balaban J connectivity index is 2.40. The summed E-state index contributed by atoms with van der Waals surface area (Å²) in [4.78, 5) is 4.20. The Kier molecular flexibility index (Phi) is 2.64. The summed E-state index contributed by atoms with van der Waals surface area (Å²) in [6.45, 7) is 1.73. The summed E-state index contributed by atoms with van der Waals surface area (Å²) in [5.74, 6) is 0.330. The zero-order chi connectivity index (χ0) is 10.8. The molecule has 0 amide bonds. The monoisotopic (exact) mass is 223 g/mol. The first-order chi connectivity index (χ1) is 7.20. The van der Waals surface area contributed by atoms with Crippen molar-refractivity contribution in [2.24, 2.45) is 0 Å². The maximum absolute atomic E-state index is 13.3. The van der Waals surface area contributed by atoms with Gasteiger partial charge in [0.25, 0.3) is 0 Å². The highest BCUT2D eigenvalue weighted by Crippen LogP contribution is 2.22. The summed E-state index contributed by atoms with van der Waals surface area (Å²) in [5.41, 5.74) is 1.33. The minimum atomic E-state index is -0.228. The Morgan fingerprint density at radius 3 is 2.80 bits per heavy atom. The lowest BCUT2D eigenvalue weighted by Crippen LogP contribution is -1.88. The predicted octanol–water partition coefficient (Wildman–Crippen LogP) is 2.69. The van der Waals surface area contributed by atoms with Crippen molar-refractivity contribution in [1.82, 2.24) is 9.36 Å². The quantitative estimate of drug-likeness (QED) is 0.850. The molecule has 1 aromatic heterocycles. The van der Waals surface area contributed by atoms with Crippen LogP contribution in [0.2, 0.25) is 0 Å². The molecule has 15 heavy (non-hydrogen) atoms. The van der Waals surface area contributed by atoms with E-state index in [4.69, 9.17) is 0 Å². The molecule has 0 fully saturated rings. The lowest BCUT2D eigenvalue weighted by Gasteiger charge is -1.98. The van der Waals surface area contributed by atoms with Gasteiger partial charge in [-0.3, -0.25) is 0 Å². The van der Waals surface area contributed by atoms with Crippen LogP contribution in [0.3, 0.4) is 0 Å². The standard InChI is InChI=1S/C10H10FN3S/c1-6-3-4-7(5-8(6)11)9-13-10(12-2)15-14-9/h3-5H,1-2H3,(H,12,13,14). The molecule has 2 rings (SSSR count). The second kappa shape index (κ2) is 3.94. The Hall–Kier alpha value is -1.49. The minimum absolute atomic E-state index is 0.228. The highest BCUT2D eigenvalue weighted by molar-refractivity contribution is 7.09. The molecule has 0 unspecified atom stereocenters. The number of hydrogen-bond donors (Lipinski definition) is 1. The predicted molar refractivity (Wildman–Crippen MR) is 59.6 cm³/mol. The number of halogens is 1. The maximum Gasteiger partial charge on any atom is 0.202 e. The SMILES string of the molecule is CNc1nc(-c2ccc(C)c(F)c2)ns1. The number of nitrogens with one attached hydrogen (secondary N) is 1. The van der Waals surface area contributed by atoms with E-state index in [1.807, 2.05) is 6.07 Å². The number of rotatable bonds is 2. The van der Waals surface area contributed by atoms with Crippen LogP contribution in [0.1, 0.15) is 5.56 Å². The van der Waals surface area contributed by atoms with Crippen molar-refractivity contribution in [1.29, 1.82) is 0 Å². The van der Waals surface area contributed by atoms with E-state index < -0.39 is 0 Å². The van der Waals surface area contributed by atoms with Crippen LogP contribution in [0, 0.1) is 12.7 Å². The van der Waals surface area contributed by atoms with E-state index in [2.05, 4.69) is 14.7 Å². The average Bonchev–Trinajstić information content (AvgIpc) is 2.70. The van der Waals surface area contributed by atoms with Gasteiger partial charge >= 0.3 is 0 Å². The molecule has 3 nitrogen and oxygen atoms in total. The van der Waals surface area contributed by atoms with Gasteiger partial charge in [0.05, 0.1) is 0 Å². The van der Waals surface area contributed by atoms with Crippen LogP contribution in [0.15, 0.2) is 18.2 Å². The number of benzene rings is 1. The molecule has 0 aliphatic heterocycles. The van der Waals surface area contributed by atoms with E-state index in [1.165, 1.54) is 17.6 Å². The van der Waals surface area contributed by atoms with E-state index in [-0.39, 0.29) is 5.82 Å². The van der Waals surface area contributed by atoms with E-state index in [1.54, 1.807) is 20.0 Å². The van der Waals surface area contributed by atoms with Gasteiger partial charge in [0.2, 0.25) is 5.13 Å². The van der Waals surface area contributed by atoms with Gasteiger partial charge in [-0.1, -0.05) is 12.1 Å². The number of aryl methyl sites for hydroxylation is 1. The first kappa shape index (κ1) is 10.0. The number of nitrogens with zero attached hydrogens (tertiary/aromatic N) is 2. The van der Waals surface area contributed by atoms with Crippen molar-refractivity contribution in [2.75, 3.05) is 12.4 Å². The second-order valence-corrected chi connectivity index (χ2v) is 3.89. The van der Waals surface area contributed by atoms with Crippen molar-refractivity contribution >= 4 is 16.7 Å². The Labute approximate surface area is 91.2 Å². The number of hydrogen-bond acceptors (Lipinski definition) is 4. The molecule has 1 heterocycles. The summed E-state index contributed by atoms with van der Waals surface area (Å²) >= 11 is 1.26. The van der Waals surface area contributed by atoms with Crippen LogP contribution >= 0.6 is 11.5 Å². The van der Waals surface area contributed by atoms with Crippen LogP contribution in [0.4, 0.5) is 9.52 Å². The average molecular weight is 223 g/mol. The first-order valence-electron chi connectivity index (χ1n) is 4.48. The summed E-state index contributed by atoms with van der Waals surface area (Å²) in [6, 6.07) is 5.00. The minimum Gasteiger partial charge on any atom is -0.363 e. The molecule has 1 N–H and O–H groups in total. The summed E-state index contributed by atoms with van der Waals surface area (Å²) < 4.78 is 17.4. The molecule has 0 aliphatic carbocycles. The van der Waals surface area contributed by atoms with Crippen LogP contribution in [0.25, 0.3) is 11.4 Å². The molecule has 0 spiro atoms. The lowest BCUT2D eigenvalue weighted by atomic mass is 10.1. The fourth-order valence-corrected chi connectivity index (χ4v) is 1.71. The summed E-state index contributed by atoms with van der Waals surface area (Å²) in [5, 5.41) is 3.62. The molecule has 1 aromatic carbocycles. The smallest absolute Gasteiger partial charge is 0.202 e. The van der Waals surface area contributed by atoms with E-state index in [0.717, 1.165) is 5.13 Å². The van der Waals surface area contributed by atoms with Crippen LogP contribution in [0.5, 0.6) is 0 Å². The van der Waals surface area contributed by atoms with Crippen LogP contribution in [-0.4, -0.2) is 16.4 Å². The van der Waals surface area contributed by atoms with Crippen molar-refractivity contribution in [3.05, 3.63) is 29.6 Å². The van der Waals surface area contributed by atoms with Gasteiger partial charge < -0.3 is 5.32 Å². The van der Waals surface area contributed by atoms with Gasteiger partial charge in [-0.15, -0.1) is 0 Å². The van der Waals surface area contributed by atoms with Gasteiger partial charge in [-0.25, -0.2) is 4.39 Å². The molecule has 2 aromatic rings. The van der Waals surface area contributed by atoms with Crippen molar-refractivity contribution in [2.45, 2.75) is 6.92 Å². The topological polar surface area (TPSA) is 37.8 Å². The van der Waals surface area contributed by atoms with Crippen molar-refractivity contribution < 1.29 is 4.39 Å². The molecule has 0 bridgehead atoms. The number of anilines is 1. The zero-order valence-electron chi connectivity index (χ0n) is 8.41. The summed E-state index contributed by atoms with van der Waals surface area (Å²) in [6.07, 6.45) is 0. The summed E-state index contributed by atoms with van der Waals surface area (Å²) in [7, 11) is 1.78. The second-order valence-electron chi connectivity index (χ2n) is 3.14. The van der Waals surface area contributed by atoms with Crippen LogP contribution in [-0.2, 0) is 0 Å². The molecule has 78 valence electrons. The van der Waals surface area contributed by atoms with Crippen LogP contribution < -0.4 is 5.32 Å². The number of aromatic nitrogens is 2. The van der Waals surface area contributed by atoms with Gasteiger partial charge in [0, 0.05) is 24.1 Å². The van der Waals surface area contributed by atoms with Crippen molar-refractivity contribution in [3.63, 3.8) is 0 Å². The van der Waals surface area contributed by atoms with Gasteiger partial charge in [-0.05, 0) is 18.6 Å². The highest BCUT2D eigenvalue weighted by atomic mass is 32.1. The third-order valence-electron chi connectivity index (χ3n) is 2.07. The molecular formula is C10H10FN3S. The molecule has 0 saturated heterocycles.